The summed E-state index contributed by atoms with van der Waals surface area (Å²) in [7, 11) is 1.89. The van der Waals surface area contributed by atoms with Crippen LogP contribution in [0.2, 0.25) is 0 Å². The van der Waals surface area contributed by atoms with Crippen molar-refractivity contribution in [3.05, 3.63) is 76.9 Å². The summed E-state index contributed by atoms with van der Waals surface area (Å²) in [5, 5.41) is -0.266. The van der Waals surface area contributed by atoms with E-state index >= 15 is 0 Å². The molecule has 0 N–H and O–H groups in total. The van der Waals surface area contributed by atoms with E-state index in [0.717, 1.165) is 18.2 Å². The van der Waals surface area contributed by atoms with E-state index in [1.165, 1.54) is 0 Å². The maximum atomic E-state index is 13.8. The van der Waals surface area contributed by atoms with Gasteiger partial charge in [-0.25, -0.2) is 0 Å². The van der Waals surface area contributed by atoms with E-state index in [2.05, 4.69) is 0 Å². The quantitative estimate of drug-likeness (QED) is 0.228. The molecule has 0 saturated heterocycles. The van der Waals surface area contributed by atoms with Crippen molar-refractivity contribution in [3.8, 4) is 22.3 Å². The summed E-state index contributed by atoms with van der Waals surface area (Å²) in [5.41, 5.74) is -12.3. The highest BCUT2D eigenvalue weighted by Gasteiger charge is 2.47. The molecule has 3 aromatic carbocycles. The number of hydrogen-bond acceptors (Lipinski definition) is 0. The highest BCUT2D eigenvalue weighted by molar-refractivity contribution is 7.28. The third kappa shape index (κ3) is 5.27. The molecule has 0 saturated carbocycles. The first kappa shape index (κ1) is 26.8. The fourth-order valence-electron chi connectivity index (χ4n) is 3.72. The van der Waals surface area contributed by atoms with Crippen LogP contribution < -0.4 is 5.30 Å². The molecule has 0 aliphatic heterocycles. The van der Waals surface area contributed by atoms with Crippen molar-refractivity contribution in [1.29, 1.82) is 0 Å². The van der Waals surface area contributed by atoms with Gasteiger partial charge in [-0.05, 0) is 39.7 Å². The Bertz CT molecular complexity index is 1250. The van der Waals surface area contributed by atoms with Crippen molar-refractivity contribution >= 4 is 14.5 Å². The van der Waals surface area contributed by atoms with Gasteiger partial charge in [0.1, 0.15) is 0 Å². The number of hydrogen-bond donors (Lipinski definition) is 0. The normalized spacial score (nSPS) is 13.3. The molecule has 0 aliphatic rings. The molecule has 0 amide bonds. The topological polar surface area (TPSA) is 0 Å². The molecular formula is C22H11F12P. The average Bonchev–Trinajstić information content (AvgIpc) is 2.70. The second-order valence-corrected chi connectivity index (χ2v) is 7.84. The van der Waals surface area contributed by atoms with E-state index in [9.17, 15) is 52.7 Å². The second kappa shape index (κ2) is 8.72. The van der Waals surface area contributed by atoms with E-state index < -0.39 is 69.2 Å². The third-order valence-corrected chi connectivity index (χ3v) is 5.44. The van der Waals surface area contributed by atoms with E-state index in [4.69, 9.17) is 0 Å². The van der Waals surface area contributed by atoms with E-state index in [0.29, 0.717) is 24.3 Å². The minimum Gasteiger partial charge on any atom is -0.166 e. The summed E-state index contributed by atoms with van der Waals surface area (Å²) in [6.45, 7) is 0. The Hall–Kier alpha value is -2.75. The van der Waals surface area contributed by atoms with Crippen LogP contribution in [-0.4, -0.2) is 0 Å². The third-order valence-electron chi connectivity index (χ3n) is 4.96. The molecule has 0 fully saturated rings. The molecule has 0 heterocycles. The summed E-state index contributed by atoms with van der Waals surface area (Å²) < 4.78 is 163. The molecule has 1 atom stereocenters. The lowest BCUT2D eigenvalue weighted by molar-refractivity contribution is -0.161. The fraction of sp³-hybridized carbons (Fsp3) is 0.182. The van der Waals surface area contributed by atoms with Crippen LogP contribution in [0.1, 0.15) is 22.3 Å². The number of rotatable bonds is 2. The van der Waals surface area contributed by atoms with Crippen molar-refractivity contribution in [2.75, 3.05) is 0 Å². The Kier molecular flexibility index (Phi) is 6.69. The predicted molar refractivity (Wildman–Crippen MR) is 107 cm³/mol. The monoisotopic (exact) mass is 534 g/mol. The molecule has 3 rings (SSSR count). The molecule has 0 spiro atoms. The number of alkyl halides is 12. The van der Waals surface area contributed by atoms with Crippen molar-refractivity contribution in [3.63, 3.8) is 0 Å². The Balaban J connectivity index is 2.52. The van der Waals surface area contributed by atoms with E-state index in [-0.39, 0.29) is 17.4 Å². The summed E-state index contributed by atoms with van der Waals surface area (Å²) in [6.07, 6.45) is -22.2. The van der Waals surface area contributed by atoms with Gasteiger partial charge in [0.15, 0.2) is 0 Å². The van der Waals surface area contributed by atoms with Crippen molar-refractivity contribution in [2.45, 2.75) is 24.7 Å². The SMILES string of the molecule is FC(F)(F)c1cccc(-c2cccc(P)c2-c2cccc(C(F)(F)F)c2C(F)(F)F)c1C(F)(F)F. The zero-order valence-electron chi connectivity index (χ0n) is 16.8. The minimum absolute atomic E-state index is 0.155. The van der Waals surface area contributed by atoms with Gasteiger partial charge in [0.2, 0.25) is 0 Å². The molecule has 1 unspecified atom stereocenters. The standard InChI is InChI=1S/C22H11F12P/c23-19(24,25)13-7-1-5-11(17(13)21(29,30)31)10-4-3-9-15(35)16(10)12-6-2-8-14(20(26,27)28)18(12)22(32,33)34/h1-9H,35H2. The number of halogens is 12. The molecule has 35 heavy (non-hydrogen) atoms. The van der Waals surface area contributed by atoms with Crippen LogP contribution in [-0.2, 0) is 24.7 Å². The lowest BCUT2D eigenvalue weighted by Crippen LogP contribution is -2.20. The average molecular weight is 534 g/mol. The van der Waals surface area contributed by atoms with Gasteiger partial charge in [-0.15, -0.1) is 9.24 Å². The molecule has 0 bridgehead atoms. The first-order chi connectivity index (χ1) is 15.8. The molecule has 0 aliphatic carbocycles. The molecule has 0 nitrogen and oxygen atoms in total. The zero-order valence-corrected chi connectivity index (χ0v) is 18.0. The smallest absolute Gasteiger partial charge is 0.166 e. The Labute approximate surface area is 191 Å². The van der Waals surface area contributed by atoms with Crippen LogP contribution in [0.25, 0.3) is 22.3 Å². The zero-order chi connectivity index (χ0) is 26.6. The van der Waals surface area contributed by atoms with Gasteiger partial charge in [0.05, 0.1) is 22.3 Å². The van der Waals surface area contributed by atoms with Crippen LogP contribution in [0.5, 0.6) is 0 Å². The van der Waals surface area contributed by atoms with E-state index in [1.54, 1.807) is 0 Å². The molecule has 3 aromatic rings. The van der Waals surface area contributed by atoms with Gasteiger partial charge in [-0.1, -0.05) is 42.5 Å². The largest absolute Gasteiger partial charge is 0.417 e. The lowest BCUT2D eigenvalue weighted by atomic mass is 9.86. The maximum Gasteiger partial charge on any atom is 0.417 e. The lowest BCUT2D eigenvalue weighted by Gasteiger charge is -2.24. The molecule has 13 heteroatoms. The van der Waals surface area contributed by atoms with Gasteiger partial charge in [-0.2, -0.15) is 52.7 Å². The van der Waals surface area contributed by atoms with Crippen LogP contribution in [0.3, 0.4) is 0 Å². The molecule has 0 radical (unpaired) electrons. The van der Waals surface area contributed by atoms with Crippen molar-refractivity contribution in [2.24, 2.45) is 0 Å². The Morgan fingerprint density at radius 3 is 1.23 bits per heavy atom. The van der Waals surface area contributed by atoms with Crippen molar-refractivity contribution in [1.82, 2.24) is 0 Å². The second-order valence-electron chi connectivity index (χ2n) is 7.22. The van der Waals surface area contributed by atoms with Gasteiger partial charge < -0.3 is 0 Å². The summed E-state index contributed by atoms with van der Waals surface area (Å²) in [6, 6.07) is 5.76. The predicted octanol–water partition coefficient (Wildman–Crippen LogP) is 8.60. The van der Waals surface area contributed by atoms with Crippen LogP contribution in [0.4, 0.5) is 52.7 Å². The van der Waals surface area contributed by atoms with Gasteiger partial charge in [0.25, 0.3) is 0 Å². The summed E-state index contributed by atoms with van der Waals surface area (Å²) >= 11 is 0. The Morgan fingerprint density at radius 2 is 0.800 bits per heavy atom. The molecular weight excluding hydrogens is 523 g/mol. The van der Waals surface area contributed by atoms with E-state index in [1.807, 2.05) is 9.24 Å². The first-order valence-electron chi connectivity index (χ1n) is 9.29. The van der Waals surface area contributed by atoms with Crippen LogP contribution in [0.15, 0.2) is 54.6 Å². The minimum atomic E-state index is -5.60. The van der Waals surface area contributed by atoms with Crippen molar-refractivity contribution < 1.29 is 52.7 Å². The van der Waals surface area contributed by atoms with Crippen LogP contribution >= 0.6 is 9.24 Å². The molecule has 0 aromatic heterocycles. The first-order valence-corrected chi connectivity index (χ1v) is 9.87. The maximum absolute atomic E-state index is 13.8. The molecule has 188 valence electrons. The summed E-state index contributed by atoms with van der Waals surface area (Å²) in [5.74, 6) is 0. The Morgan fingerprint density at radius 1 is 0.429 bits per heavy atom. The highest BCUT2D eigenvalue weighted by Crippen LogP contribution is 2.49. The van der Waals surface area contributed by atoms with Crippen LogP contribution in [0, 0.1) is 0 Å². The fourth-order valence-corrected chi connectivity index (χ4v) is 4.14. The van der Waals surface area contributed by atoms with Gasteiger partial charge in [0, 0.05) is 0 Å². The number of benzene rings is 3. The van der Waals surface area contributed by atoms with Gasteiger partial charge >= 0.3 is 24.7 Å². The summed E-state index contributed by atoms with van der Waals surface area (Å²) in [4.78, 5) is 0. The highest BCUT2D eigenvalue weighted by atomic mass is 31.0. The van der Waals surface area contributed by atoms with Gasteiger partial charge in [-0.3, -0.25) is 0 Å².